The zero-order valence-electron chi connectivity index (χ0n) is 12.4. The van der Waals surface area contributed by atoms with Crippen LogP contribution in [0.2, 0.25) is 0 Å². The molecule has 0 unspecified atom stereocenters. The van der Waals surface area contributed by atoms with Gasteiger partial charge in [-0.3, -0.25) is 4.79 Å². The molecule has 0 aliphatic rings. The average molecular weight is 363 g/mol. The van der Waals surface area contributed by atoms with Crippen LogP contribution < -0.4 is 5.32 Å². The minimum absolute atomic E-state index is 0.177. The highest BCUT2D eigenvalue weighted by Gasteiger charge is 2.10. The van der Waals surface area contributed by atoms with Crippen LogP contribution in [-0.4, -0.2) is 27.6 Å². The maximum absolute atomic E-state index is 12.0. The van der Waals surface area contributed by atoms with Crippen molar-refractivity contribution < 1.29 is 4.79 Å². The van der Waals surface area contributed by atoms with E-state index in [2.05, 4.69) is 22.1 Å². The van der Waals surface area contributed by atoms with Crippen LogP contribution in [0.4, 0.5) is 5.69 Å². The van der Waals surface area contributed by atoms with Gasteiger partial charge in [-0.15, -0.1) is 10.2 Å². The first-order valence-electron chi connectivity index (χ1n) is 6.61. The van der Waals surface area contributed by atoms with Gasteiger partial charge >= 0.3 is 0 Å². The molecule has 1 amide bonds. The molecule has 1 heterocycles. The maximum atomic E-state index is 12.0. The van der Waals surface area contributed by atoms with Gasteiger partial charge in [-0.25, -0.2) is 0 Å². The number of amides is 1. The summed E-state index contributed by atoms with van der Waals surface area (Å²) in [6.45, 7) is 5.81. The van der Waals surface area contributed by atoms with E-state index in [4.69, 9.17) is 5.26 Å². The second-order valence-corrected chi connectivity index (χ2v) is 8.00. The maximum Gasteiger partial charge on any atom is 0.234 e. The van der Waals surface area contributed by atoms with Crippen molar-refractivity contribution in [2.75, 3.05) is 16.8 Å². The first kappa shape index (κ1) is 17.5. The molecule has 0 aliphatic heterocycles. The number of hydrogen-bond acceptors (Lipinski definition) is 7. The number of aromatic nitrogens is 2. The smallest absolute Gasteiger partial charge is 0.234 e. The van der Waals surface area contributed by atoms with Crippen molar-refractivity contribution in [3.05, 3.63) is 42.0 Å². The zero-order valence-corrected chi connectivity index (χ0v) is 14.9. The van der Waals surface area contributed by atoms with Crippen LogP contribution in [0.1, 0.15) is 12.5 Å². The fourth-order valence-corrected chi connectivity index (χ4v) is 4.17. The SMILES string of the molecule is C=C(C)CSc1nnc(SCC(=O)Nc2ccccc2C#N)s1. The lowest BCUT2D eigenvalue weighted by atomic mass is 10.2. The Bertz CT molecular complexity index is 751. The third-order valence-electron chi connectivity index (χ3n) is 2.48. The fraction of sp³-hybridized carbons (Fsp3) is 0.200. The molecule has 0 spiro atoms. The van der Waals surface area contributed by atoms with Crippen molar-refractivity contribution in [2.24, 2.45) is 0 Å². The van der Waals surface area contributed by atoms with Gasteiger partial charge in [-0.2, -0.15) is 5.26 Å². The molecule has 0 saturated heterocycles. The van der Waals surface area contributed by atoms with E-state index in [1.165, 1.54) is 23.1 Å². The van der Waals surface area contributed by atoms with Gasteiger partial charge < -0.3 is 5.32 Å². The number of carbonyl (C=O) groups is 1. The number of thioether (sulfide) groups is 2. The number of rotatable bonds is 7. The molecule has 0 aliphatic carbocycles. The van der Waals surface area contributed by atoms with Gasteiger partial charge in [-0.1, -0.05) is 59.1 Å². The van der Waals surface area contributed by atoms with E-state index in [9.17, 15) is 4.79 Å². The quantitative estimate of drug-likeness (QED) is 0.596. The number of nitrogens with zero attached hydrogens (tertiary/aromatic N) is 3. The Morgan fingerprint density at radius 1 is 1.30 bits per heavy atom. The van der Waals surface area contributed by atoms with Crippen LogP contribution in [0.3, 0.4) is 0 Å². The lowest BCUT2D eigenvalue weighted by molar-refractivity contribution is -0.113. The number of nitriles is 1. The molecule has 0 saturated carbocycles. The predicted molar refractivity (Wildman–Crippen MR) is 96.0 cm³/mol. The van der Waals surface area contributed by atoms with Crippen molar-refractivity contribution in [2.45, 2.75) is 15.6 Å². The molecule has 23 heavy (non-hydrogen) atoms. The van der Waals surface area contributed by atoms with Crippen LogP contribution in [0, 0.1) is 11.3 Å². The van der Waals surface area contributed by atoms with Gasteiger partial charge in [0.15, 0.2) is 8.68 Å². The highest BCUT2D eigenvalue weighted by molar-refractivity contribution is 8.03. The van der Waals surface area contributed by atoms with Gasteiger partial charge in [0.1, 0.15) is 6.07 Å². The number of carbonyl (C=O) groups excluding carboxylic acids is 1. The molecule has 118 valence electrons. The highest BCUT2D eigenvalue weighted by Crippen LogP contribution is 2.29. The molecule has 5 nitrogen and oxygen atoms in total. The molecule has 1 N–H and O–H groups in total. The molecule has 0 radical (unpaired) electrons. The summed E-state index contributed by atoms with van der Waals surface area (Å²) in [4.78, 5) is 12.0. The summed E-state index contributed by atoms with van der Waals surface area (Å²) in [5, 5.41) is 19.9. The lowest BCUT2D eigenvalue weighted by Gasteiger charge is -2.05. The molecule has 2 aromatic rings. The fourth-order valence-electron chi connectivity index (χ4n) is 1.50. The van der Waals surface area contributed by atoms with Gasteiger partial charge in [0.05, 0.1) is 17.0 Å². The summed E-state index contributed by atoms with van der Waals surface area (Å²) >= 11 is 4.38. The Labute approximate surface area is 147 Å². The lowest BCUT2D eigenvalue weighted by Crippen LogP contribution is -2.14. The van der Waals surface area contributed by atoms with Gasteiger partial charge in [-0.05, 0) is 19.1 Å². The third-order valence-corrected chi connectivity index (χ3v) is 5.90. The minimum atomic E-state index is -0.177. The van der Waals surface area contributed by atoms with Gasteiger partial charge in [0, 0.05) is 5.75 Å². The number of anilines is 1. The summed E-state index contributed by atoms with van der Waals surface area (Å²) in [5.74, 6) is 0.855. The summed E-state index contributed by atoms with van der Waals surface area (Å²) in [6.07, 6.45) is 0. The average Bonchev–Trinajstić information content (AvgIpc) is 2.99. The Morgan fingerprint density at radius 3 is 2.61 bits per heavy atom. The monoisotopic (exact) mass is 362 g/mol. The molecule has 1 aromatic carbocycles. The van der Waals surface area contributed by atoms with E-state index in [0.717, 1.165) is 20.0 Å². The van der Waals surface area contributed by atoms with Crippen LogP contribution in [0.5, 0.6) is 0 Å². The van der Waals surface area contributed by atoms with Crippen LogP contribution in [0.25, 0.3) is 0 Å². The van der Waals surface area contributed by atoms with Crippen molar-refractivity contribution >= 4 is 46.5 Å². The van der Waals surface area contributed by atoms with Crippen LogP contribution >= 0.6 is 34.9 Å². The minimum Gasteiger partial charge on any atom is -0.324 e. The highest BCUT2D eigenvalue weighted by atomic mass is 32.2. The summed E-state index contributed by atoms with van der Waals surface area (Å²) in [7, 11) is 0. The van der Waals surface area contributed by atoms with Crippen LogP contribution in [0.15, 0.2) is 45.1 Å². The first-order valence-corrected chi connectivity index (χ1v) is 9.39. The number of benzene rings is 1. The molecule has 0 fully saturated rings. The first-order chi connectivity index (χ1) is 11.1. The van der Waals surface area contributed by atoms with Crippen molar-refractivity contribution in [1.29, 1.82) is 5.26 Å². The number of para-hydroxylation sites is 1. The third kappa shape index (κ3) is 5.71. The summed E-state index contributed by atoms with van der Waals surface area (Å²) < 4.78 is 1.61. The van der Waals surface area contributed by atoms with E-state index < -0.39 is 0 Å². The topological polar surface area (TPSA) is 78.7 Å². The zero-order chi connectivity index (χ0) is 16.7. The molecular formula is C15H14N4OS3. The van der Waals surface area contributed by atoms with Crippen LogP contribution in [-0.2, 0) is 4.79 Å². The predicted octanol–water partition coefficient (Wildman–Crippen LogP) is 3.81. The largest absolute Gasteiger partial charge is 0.324 e. The van der Waals surface area contributed by atoms with Crippen molar-refractivity contribution in [3.8, 4) is 6.07 Å². The molecular weight excluding hydrogens is 348 g/mol. The van der Waals surface area contributed by atoms with Gasteiger partial charge in [0.25, 0.3) is 0 Å². The van der Waals surface area contributed by atoms with E-state index in [1.54, 1.807) is 36.0 Å². The van der Waals surface area contributed by atoms with Gasteiger partial charge in [0.2, 0.25) is 5.91 Å². The Morgan fingerprint density at radius 2 is 1.96 bits per heavy atom. The molecule has 8 heteroatoms. The Balaban J connectivity index is 1.85. The van der Waals surface area contributed by atoms with Crippen molar-refractivity contribution in [3.63, 3.8) is 0 Å². The van der Waals surface area contributed by atoms with E-state index >= 15 is 0 Å². The number of hydrogen-bond donors (Lipinski definition) is 1. The standard InChI is InChI=1S/C15H14N4OS3/c1-10(2)8-21-14-18-19-15(23-14)22-9-13(20)17-12-6-4-3-5-11(12)7-16/h3-6H,1,8-9H2,2H3,(H,17,20). The molecule has 0 atom stereocenters. The number of nitrogens with one attached hydrogen (secondary N) is 1. The summed E-state index contributed by atoms with van der Waals surface area (Å²) in [5.41, 5.74) is 2.05. The van der Waals surface area contributed by atoms with E-state index in [0.29, 0.717) is 11.3 Å². The molecule has 0 bridgehead atoms. The van der Waals surface area contributed by atoms with E-state index in [1.807, 2.05) is 13.0 Å². The van der Waals surface area contributed by atoms with Crippen molar-refractivity contribution in [1.82, 2.24) is 10.2 Å². The summed E-state index contributed by atoms with van der Waals surface area (Å²) in [6, 6.07) is 8.96. The van der Waals surface area contributed by atoms with E-state index in [-0.39, 0.29) is 11.7 Å². The Hall–Kier alpha value is -1.82. The normalized spacial score (nSPS) is 10.1. The molecule has 2 rings (SSSR count). The Kier molecular flexibility index (Phi) is 6.65. The second-order valence-electron chi connectivity index (χ2n) is 4.57. The molecule has 1 aromatic heterocycles. The second kappa shape index (κ2) is 8.72.